The maximum Gasteiger partial charge on any atom is 0.240 e. The number of hydrogen-bond acceptors (Lipinski definition) is 6. The van der Waals surface area contributed by atoms with Gasteiger partial charge in [-0.05, 0) is 31.9 Å². The molecule has 2 heterocycles. The quantitative estimate of drug-likeness (QED) is 0.852. The van der Waals surface area contributed by atoms with E-state index >= 15 is 0 Å². The van der Waals surface area contributed by atoms with Crippen LogP contribution in [0.15, 0.2) is 28.6 Å². The number of aromatic nitrogens is 2. The maximum atomic E-state index is 12.7. The van der Waals surface area contributed by atoms with Crippen molar-refractivity contribution in [2.45, 2.75) is 29.9 Å². The smallest absolute Gasteiger partial charge is 0.240 e. The molecule has 22 heavy (non-hydrogen) atoms. The van der Waals surface area contributed by atoms with E-state index in [1.807, 2.05) is 36.9 Å². The van der Waals surface area contributed by atoms with Gasteiger partial charge in [-0.1, -0.05) is 41.3 Å². The third kappa shape index (κ3) is 3.10. The Labute approximate surface area is 138 Å². The summed E-state index contributed by atoms with van der Waals surface area (Å²) in [6.07, 6.45) is 0.933. The van der Waals surface area contributed by atoms with Crippen LogP contribution in [-0.2, 0) is 11.2 Å². The van der Waals surface area contributed by atoms with E-state index in [4.69, 9.17) is 0 Å². The molecule has 0 bridgehead atoms. The Morgan fingerprint density at radius 2 is 2.27 bits per heavy atom. The number of para-hydroxylation sites is 1. The van der Waals surface area contributed by atoms with Crippen molar-refractivity contribution in [2.24, 2.45) is 0 Å². The van der Waals surface area contributed by atoms with Crippen molar-refractivity contribution >= 4 is 39.8 Å². The third-order valence-electron chi connectivity index (χ3n) is 3.51. The summed E-state index contributed by atoms with van der Waals surface area (Å²) in [6, 6.07) is 8.11. The minimum absolute atomic E-state index is 0.134. The Kier molecular flexibility index (Phi) is 4.63. The van der Waals surface area contributed by atoms with E-state index in [-0.39, 0.29) is 11.2 Å². The van der Waals surface area contributed by atoms with Crippen molar-refractivity contribution in [2.75, 3.05) is 23.3 Å². The first-order valence-electron chi connectivity index (χ1n) is 7.32. The summed E-state index contributed by atoms with van der Waals surface area (Å²) in [4.78, 5) is 14.6. The summed E-state index contributed by atoms with van der Waals surface area (Å²) in [7, 11) is 0. The van der Waals surface area contributed by atoms with Crippen LogP contribution in [0.3, 0.4) is 0 Å². The lowest BCUT2D eigenvalue weighted by Gasteiger charge is -2.20. The van der Waals surface area contributed by atoms with E-state index in [2.05, 4.69) is 21.6 Å². The zero-order valence-electron chi connectivity index (χ0n) is 12.6. The Bertz CT molecular complexity index is 673. The summed E-state index contributed by atoms with van der Waals surface area (Å²) < 4.78 is 0.823. The highest BCUT2D eigenvalue weighted by atomic mass is 32.2. The maximum absolute atomic E-state index is 12.7. The number of anilines is 2. The molecule has 1 amide bonds. The van der Waals surface area contributed by atoms with Crippen LogP contribution in [0.4, 0.5) is 10.8 Å². The van der Waals surface area contributed by atoms with E-state index in [0.29, 0.717) is 0 Å². The molecular formula is C15H18N4OS2. The zero-order chi connectivity index (χ0) is 15.5. The molecule has 1 aliphatic heterocycles. The van der Waals surface area contributed by atoms with Crippen LogP contribution in [0.2, 0.25) is 0 Å². The predicted molar refractivity (Wildman–Crippen MR) is 91.9 cm³/mol. The van der Waals surface area contributed by atoms with Crippen LogP contribution in [0.5, 0.6) is 0 Å². The van der Waals surface area contributed by atoms with E-state index in [0.717, 1.165) is 34.7 Å². The topological polar surface area (TPSA) is 58.1 Å². The van der Waals surface area contributed by atoms with Crippen LogP contribution in [-0.4, -0.2) is 34.4 Å². The van der Waals surface area contributed by atoms with Crippen LogP contribution in [0.25, 0.3) is 0 Å². The lowest BCUT2D eigenvalue weighted by Crippen LogP contribution is -2.35. The van der Waals surface area contributed by atoms with Crippen LogP contribution in [0.1, 0.15) is 19.4 Å². The molecule has 1 aromatic heterocycles. The predicted octanol–water partition coefficient (Wildman–Crippen LogP) is 3.04. The van der Waals surface area contributed by atoms with E-state index < -0.39 is 0 Å². The lowest BCUT2D eigenvalue weighted by molar-refractivity contribution is -0.117. The Hall–Kier alpha value is -1.60. The fraction of sp³-hybridized carbons (Fsp3) is 0.400. The second-order valence-electron chi connectivity index (χ2n) is 5.03. The Balaban J connectivity index is 1.67. The second-order valence-corrected chi connectivity index (χ2v) is 7.60. The van der Waals surface area contributed by atoms with Gasteiger partial charge in [0, 0.05) is 18.8 Å². The number of benzene rings is 1. The molecule has 1 aromatic carbocycles. The standard InChI is InChI=1S/C15H18N4OS2/c1-3-16-14-17-18-15(22-14)21-10(2)13(20)19-9-8-11-6-4-5-7-12(11)19/h4-7,10H,3,8-9H2,1-2H3,(H,16,17)/t10-/m0/s1. The number of nitrogens with one attached hydrogen (secondary N) is 1. The van der Waals surface area contributed by atoms with Gasteiger partial charge in [-0.3, -0.25) is 4.79 Å². The van der Waals surface area contributed by atoms with Gasteiger partial charge in [0.25, 0.3) is 0 Å². The summed E-state index contributed by atoms with van der Waals surface area (Å²) in [5, 5.41) is 12.0. The first kappa shape index (κ1) is 15.3. The number of fused-ring (bicyclic) bond motifs is 1. The van der Waals surface area contributed by atoms with E-state index in [1.165, 1.54) is 28.7 Å². The number of nitrogens with zero attached hydrogens (tertiary/aromatic N) is 3. The minimum atomic E-state index is -0.173. The summed E-state index contributed by atoms with van der Waals surface area (Å²) >= 11 is 2.96. The average molecular weight is 334 g/mol. The monoisotopic (exact) mass is 334 g/mol. The molecule has 5 nitrogen and oxygen atoms in total. The van der Waals surface area contributed by atoms with Gasteiger partial charge in [0.2, 0.25) is 11.0 Å². The molecule has 0 fully saturated rings. The molecule has 0 spiro atoms. The van der Waals surface area contributed by atoms with Crippen LogP contribution >= 0.6 is 23.1 Å². The highest BCUT2D eigenvalue weighted by Crippen LogP contribution is 2.33. The van der Waals surface area contributed by atoms with Crippen molar-refractivity contribution < 1.29 is 4.79 Å². The van der Waals surface area contributed by atoms with Gasteiger partial charge in [0.1, 0.15) is 0 Å². The summed E-state index contributed by atoms with van der Waals surface area (Å²) in [5.41, 5.74) is 2.30. The van der Waals surface area contributed by atoms with Gasteiger partial charge < -0.3 is 10.2 Å². The van der Waals surface area contributed by atoms with Gasteiger partial charge >= 0.3 is 0 Å². The number of amides is 1. The minimum Gasteiger partial charge on any atom is -0.360 e. The van der Waals surface area contributed by atoms with Crippen molar-refractivity contribution in [3.63, 3.8) is 0 Å². The molecule has 7 heteroatoms. The fourth-order valence-electron chi connectivity index (χ4n) is 2.47. The third-order valence-corrected chi connectivity index (χ3v) is 5.57. The molecule has 0 saturated heterocycles. The highest BCUT2D eigenvalue weighted by molar-refractivity contribution is 8.02. The summed E-state index contributed by atoms with van der Waals surface area (Å²) in [5.74, 6) is 0.134. The first-order chi connectivity index (χ1) is 10.7. The first-order valence-corrected chi connectivity index (χ1v) is 9.02. The van der Waals surface area contributed by atoms with E-state index in [9.17, 15) is 4.79 Å². The largest absolute Gasteiger partial charge is 0.360 e. The molecule has 1 aliphatic rings. The van der Waals surface area contributed by atoms with Crippen molar-refractivity contribution in [3.8, 4) is 0 Å². The molecule has 0 saturated carbocycles. The molecule has 0 unspecified atom stereocenters. The number of carbonyl (C=O) groups excluding carboxylic acids is 1. The molecule has 1 atom stereocenters. The highest BCUT2D eigenvalue weighted by Gasteiger charge is 2.28. The van der Waals surface area contributed by atoms with Crippen molar-refractivity contribution in [1.29, 1.82) is 0 Å². The second kappa shape index (κ2) is 6.66. The normalized spacial score (nSPS) is 14.7. The van der Waals surface area contributed by atoms with Crippen molar-refractivity contribution in [1.82, 2.24) is 10.2 Å². The van der Waals surface area contributed by atoms with Crippen LogP contribution in [0, 0.1) is 0 Å². The number of thioether (sulfide) groups is 1. The van der Waals surface area contributed by atoms with Gasteiger partial charge in [-0.2, -0.15) is 0 Å². The lowest BCUT2D eigenvalue weighted by atomic mass is 10.2. The molecule has 116 valence electrons. The van der Waals surface area contributed by atoms with E-state index in [1.54, 1.807) is 0 Å². The fourth-order valence-corrected chi connectivity index (χ4v) is 4.49. The SMILES string of the molecule is CCNc1nnc(S[C@@H](C)C(=O)N2CCc3ccccc32)s1. The number of rotatable bonds is 5. The van der Waals surface area contributed by atoms with Gasteiger partial charge in [0.15, 0.2) is 4.34 Å². The molecular weight excluding hydrogens is 316 g/mol. The molecule has 0 radical (unpaired) electrons. The number of hydrogen-bond donors (Lipinski definition) is 1. The molecule has 0 aliphatic carbocycles. The molecule has 3 rings (SSSR count). The Morgan fingerprint density at radius 3 is 3.09 bits per heavy atom. The zero-order valence-corrected chi connectivity index (χ0v) is 14.2. The Morgan fingerprint density at radius 1 is 1.45 bits per heavy atom. The van der Waals surface area contributed by atoms with Crippen LogP contribution < -0.4 is 10.2 Å². The van der Waals surface area contributed by atoms with Gasteiger partial charge in [-0.25, -0.2) is 0 Å². The molecule has 2 aromatic rings. The van der Waals surface area contributed by atoms with Gasteiger partial charge in [-0.15, -0.1) is 10.2 Å². The van der Waals surface area contributed by atoms with Crippen molar-refractivity contribution in [3.05, 3.63) is 29.8 Å². The van der Waals surface area contributed by atoms with Gasteiger partial charge in [0.05, 0.1) is 5.25 Å². The summed E-state index contributed by atoms with van der Waals surface area (Å²) in [6.45, 7) is 5.54. The molecule has 1 N–H and O–H groups in total. The number of carbonyl (C=O) groups is 1. The average Bonchev–Trinajstić information content (AvgIpc) is 3.13.